The van der Waals surface area contributed by atoms with E-state index in [9.17, 15) is 0 Å². The van der Waals surface area contributed by atoms with Crippen LogP contribution in [0.1, 0.15) is 47.8 Å². The van der Waals surface area contributed by atoms with Gasteiger partial charge in [-0.05, 0) is 58.1 Å². The van der Waals surface area contributed by atoms with Crippen LogP contribution in [0.5, 0.6) is 0 Å². The molecule has 226 valence electrons. The van der Waals surface area contributed by atoms with Gasteiger partial charge in [0.25, 0.3) is 0 Å². The van der Waals surface area contributed by atoms with E-state index in [1.54, 1.807) is 0 Å². The lowest BCUT2D eigenvalue weighted by Crippen LogP contribution is -2.33. The largest absolute Gasteiger partial charge is 0.344 e. The van der Waals surface area contributed by atoms with E-state index < -0.39 is 0 Å². The SMILES string of the molecule is CC1(C)c2ccccc2-c2c1ccc1c2c2ccccc2n1-c1cc(Cl)cc(C2=NC(c3ccccc3)=NC(c3ccccc3)N2)c1. The molecule has 2 heterocycles. The first-order chi connectivity index (χ1) is 23.0. The molecule has 1 unspecified atom stereocenters. The Labute approximate surface area is 278 Å². The summed E-state index contributed by atoms with van der Waals surface area (Å²) < 4.78 is 2.35. The smallest absolute Gasteiger partial charge is 0.159 e. The number of amidine groups is 2. The van der Waals surface area contributed by atoms with Crippen LogP contribution in [0.4, 0.5) is 0 Å². The fourth-order valence-corrected chi connectivity index (χ4v) is 7.72. The van der Waals surface area contributed by atoms with Crippen molar-refractivity contribution in [1.29, 1.82) is 0 Å². The number of benzene rings is 6. The molecule has 0 fully saturated rings. The summed E-state index contributed by atoms with van der Waals surface area (Å²) in [6, 6.07) is 48.8. The van der Waals surface area contributed by atoms with Crippen LogP contribution in [-0.4, -0.2) is 16.2 Å². The van der Waals surface area contributed by atoms with Gasteiger partial charge in [0.15, 0.2) is 5.84 Å². The van der Waals surface area contributed by atoms with Gasteiger partial charge in [0, 0.05) is 38.0 Å². The number of nitrogens with one attached hydrogen (secondary N) is 1. The quantitative estimate of drug-likeness (QED) is 0.207. The van der Waals surface area contributed by atoms with E-state index in [1.807, 2.05) is 60.7 Å². The average Bonchev–Trinajstić information content (AvgIpc) is 3.57. The maximum absolute atomic E-state index is 6.97. The molecule has 0 bridgehead atoms. The number of hydrogen-bond acceptors (Lipinski definition) is 3. The zero-order valence-electron chi connectivity index (χ0n) is 26.1. The molecule has 1 atom stereocenters. The third-order valence-corrected chi connectivity index (χ3v) is 9.90. The van der Waals surface area contributed by atoms with Crippen LogP contribution in [0.25, 0.3) is 38.6 Å². The normalized spacial score (nSPS) is 16.4. The Balaban J connectivity index is 1.25. The number of aliphatic imine (C=N–C) groups is 2. The van der Waals surface area contributed by atoms with Crippen LogP contribution in [0, 0.1) is 0 Å². The first-order valence-electron chi connectivity index (χ1n) is 16.0. The molecule has 0 amide bonds. The molecule has 4 nitrogen and oxygen atoms in total. The maximum Gasteiger partial charge on any atom is 0.159 e. The lowest BCUT2D eigenvalue weighted by Gasteiger charge is -2.24. The van der Waals surface area contributed by atoms with Crippen molar-refractivity contribution in [3.05, 3.63) is 172 Å². The number of halogens is 1. The van der Waals surface area contributed by atoms with Crippen LogP contribution in [0.2, 0.25) is 5.02 Å². The van der Waals surface area contributed by atoms with Crippen LogP contribution >= 0.6 is 11.6 Å². The summed E-state index contributed by atoms with van der Waals surface area (Å²) in [7, 11) is 0. The van der Waals surface area contributed by atoms with Crippen molar-refractivity contribution < 1.29 is 0 Å². The molecule has 7 aromatic rings. The van der Waals surface area contributed by atoms with Crippen molar-refractivity contribution in [3.63, 3.8) is 0 Å². The minimum Gasteiger partial charge on any atom is -0.344 e. The second kappa shape index (κ2) is 10.5. The molecule has 1 aliphatic heterocycles. The Kier molecular flexibility index (Phi) is 6.24. The van der Waals surface area contributed by atoms with Gasteiger partial charge in [-0.25, -0.2) is 9.98 Å². The summed E-state index contributed by atoms with van der Waals surface area (Å²) in [5.74, 6) is 1.41. The van der Waals surface area contributed by atoms with Gasteiger partial charge in [-0.1, -0.05) is 135 Å². The Morgan fingerprint density at radius 3 is 2.23 bits per heavy atom. The summed E-state index contributed by atoms with van der Waals surface area (Å²) in [6.07, 6.45) is -0.291. The number of nitrogens with zero attached hydrogens (tertiary/aromatic N) is 3. The third kappa shape index (κ3) is 4.36. The molecule has 2 aliphatic rings. The first-order valence-corrected chi connectivity index (χ1v) is 16.4. The number of hydrogen-bond donors (Lipinski definition) is 1. The molecule has 47 heavy (non-hydrogen) atoms. The molecular weight excluding hydrogens is 596 g/mol. The number of aromatic nitrogens is 1. The van der Waals surface area contributed by atoms with Gasteiger partial charge in [-0.2, -0.15) is 0 Å². The molecule has 0 spiro atoms. The van der Waals surface area contributed by atoms with Crippen molar-refractivity contribution in [2.45, 2.75) is 25.4 Å². The highest BCUT2D eigenvalue weighted by Gasteiger charge is 2.37. The summed E-state index contributed by atoms with van der Waals surface area (Å²) in [5, 5.41) is 6.75. The summed E-state index contributed by atoms with van der Waals surface area (Å²) in [5.41, 5.74) is 11.5. The summed E-state index contributed by atoms with van der Waals surface area (Å²) in [6.45, 7) is 4.67. The number of para-hydroxylation sites is 1. The second-order valence-electron chi connectivity index (χ2n) is 12.8. The standard InChI is InChI=1S/C42H31ClN4/c1-42(2)33-19-11-9-17-31(33)37-34(42)21-22-36-38(37)32-18-10-12-20-35(32)47(36)30-24-28(23-29(43)25-30)41-45-39(26-13-5-3-6-14-26)44-40(46-41)27-15-7-4-8-16-27/h3-25,39H,1-2H3,(H,44,45,46). The van der Waals surface area contributed by atoms with Crippen LogP contribution in [-0.2, 0) is 5.41 Å². The van der Waals surface area contributed by atoms with Crippen molar-refractivity contribution in [3.8, 4) is 16.8 Å². The zero-order valence-corrected chi connectivity index (χ0v) is 26.8. The van der Waals surface area contributed by atoms with Gasteiger partial charge >= 0.3 is 0 Å². The van der Waals surface area contributed by atoms with E-state index in [2.05, 4.69) is 103 Å². The Hall–Kier alpha value is -5.45. The van der Waals surface area contributed by atoms with Gasteiger partial charge in [0.2, 0.25) is 0 Å². The van der Waals surface area contributed by atoms with Crippen molar-refractivity contribution in [1.82, 2.24) is 9.88 Å². The fraction of sp³-hybridized carbons (Fsp3) is 0.0952. The number of rotatable bonds is 4. The molecule has 0 saturated carbocycles. The molecule has 5 heteroatoms. The molecule has 0 saturated heterocycles. The van der Waals surface area contributed by atoms with Crippen LogP contribution < -0.4 is 5.32 Å². The van der Waals surface area contributed by atoms with Gasteiger partial charge in [-0.15, -0.1) is 0 Å². The van der Waals surface area contributed by atoms with E-state index in [-0.39, 0.29) is 11.6 Å². The van der Waals surface area contributed by atoms with E-state index in [4.69, 9.17) is 21.6 Å². The minimum absolute atomic E-state index is 0.0787. The van der Waals surface area contributed by atoms with E-state index in [0.29, 0.717) is 10.9 Å². The van der Waals surface area contributed by atoms with Crippen molar-refractivity contribution >= 4 is 45.1 Å². The van der Waals surface area contributed by atoms with Crippen molar-refractivity contribution in [2.24, 2.45) is 9.98 Å². The van der Waals surface area contributed by atoms with E-state index >= 15 is 0 Å². The van der Waals surface area contributed by atoms with Gasteiger partial charge in [0.05, 0.1) is 11.0 Å². The second-order valence-corrected chi connectivity index (χ2v) is 13.3. The van der Waals surface area contributed by atoms with Gasteiger partial charge in [-0.3, -0.25) is 0 Å². The lowest BCUT2D eigenvalue weighted by molar-refractivity contribution is 0.661. The maximum atomic E-state index is 6.97. The first kappa shape index (κ1) is 27.8. The predicted octanol–water partition coefficient (Wildman–Crippen LogP) is 10.2. The van der Waals surface area contributed by atoms with Crippen molar-refractivity contribution in [2.75, 3.05) is 0 Å². The van der Waals surface area contributed by atoms with E-state index in [1.165, 1.54) is 33.0 Å². The van der Waals surface area contributed by atoms with Gasteiger partial charge < -0.3 is 9.88 Å². The molecule has 9 rings (SSSR count). The molecule has 6 aromatic carbocycles. The Bertz CT molecular complexity index is 2420. The average molecular weight is 627 g/mol. The molecule has 1 aromatic heterocycles. The molecule has 0 radical (unpaired) electrons. The topological polar surface area (TPSA) is 41.7 Å². The molecule has 1 N–H and O–H groups in total. The lowest BCUT2D eigenvalue weighted by atomic mass is 9.82. The highest BCUT2D eigenvalue weighted by atomic mass is 35.5. The fourth-order valence-electron chi connectivity index (χ4n) is 7.49. The zero-order chi connectivity index (χ0) is 31.7. The number of fused-ring (bicyclic) bond motifs is 7. The molecule has 1 aliphatic carbocycles. The molecular formula is C42H31ClN4. The Morgan fingerprint density at radius 2 is 1.40 bits per heavy atom. The van der Waals surface area contributed by atoms with Gasteiger partial charge in [0.1, 0.15) is 12.0 Å². The summed E-state index contributed by atoms with van der Waals surface area (Å²) >= 11 is 6.97. The summed E-state index contributed by atoms with van der Waals surface area (Å²) in [4.78, 5) is 10.1. The van der Waals surface area contributed by atoms with Crippen LogP contribution in [0.3, 0.4) is 0 Å². The highest BCUT2D eigenvalue weighted by Crippen LogP contribution is 2.53. The Morgan fingerprint density at radius 1 is 0.681 bits per heavy atom. The predicted molar refractivity (Wildman–Crippen MR) is 195 cm³/mol. The minimum atomic E-state index is -0.291. The monoisotopic (exact) mass is 626 g/mol. The highest BCUT2D eigenvalue weighted by molar-refractivity contribution is 6.31. The van der Waals surface area contributed by atoms with Crippen LogP contribution in [0.15, 0.2) is 150 Å². The third-order valence-electron chi connectivity index (χ3n) is 9.69. The van der Waals surface area contributed by atoms with E-state index in [0.717, 1.165) is 39.2 Å².